The minimum Gasteiger partial charge on any atom is -0.444 e. The highest BCUT2D eigenvalue weighted by Gasteiger charge is 2.30. The van der Waals surface area contributed by atoms with Crippen LogP contribution in [0.3, 0.4) is 0 Å². The van der Waals surface area contributed by atoms with Crippen LogP contribution in [0.25, 0.3) is 60.9 Å². The van der Waals surface area contributed by atoms with Gasteiger partial charge in [-0.15, -0.1) is 4.57 Å². The molecule has 16 heteroatoms. The highest BCUT2D eigenvalue weighted by atomic mass is 16.6. The Balaban J connectivity index is 0.979. The molecule has 0 bridgehead atoms. The summed E-state index contributed by atoms with van der Waals surface area (Å²) in [5.74, 6) is 0. The number of aromatic nitrogens is 4. The quantitative estimate of drug-likeness (QED) is 0.0407. The highest BCUT2D eigenvalue weighted by molar-refractivity contribution is 6.02. The van der Waals surface area contributed by atoms with Gasteiger partial charge in [0, 0.05) is 54.3 Å². The molecule has 2 aromatic heterocycles. The molecule has 6 aromatic carbocycles. The van der Waals surface area contributed by atoms with Crippen LogP contribution in [0, 0.1) is 27.7 Å². The molecule has 0 aliphatic rings. The first-order chi connectivity index (χ1) is 39.9. The second kappa shape index (κ2) is 25.4. The van der Waals surface area contributed by atoms with Crippen molar-refractivity contribution < 1.29 is 42.7 Å². The van der Waals surface area contributed by atoms with Crippen molar-refractivity contribution in [1.82, 2.24) is 15.0 Å². The van der Waals surface area contributed by atoms with Gasteiger partial charge in [0.05, 0.1) is 33.4 Å². The van der Waals surface area contributed by atoms with E-state index < -0.39 is 46.8 Å². The average molecular weight is 1150 g/mol. The largest absolute Gasteiger partial charge is 0.444 e. The first-order valence-electron chi connectivity index (χ1n) is 29.6. The Morgan fingerprint density at radius 1 is 0.459 bits per heavy atom. The molecule has 8 aromatic rings. The summed E-state index contributed by atoms with van der Waals surface area (Å²) in [6.07, 6.45) is 4.12. The summed E-state index contributed by atoms with van der Waals surface area (Å²) in [7, 11) is 0. The summed E-state index contributed by atoms with van der Waals surface area (Å²) in [5, 5.41) is 5.87. The molecule has 0 radical (unpaired) electrons. The van der Waals surface area contributed by atoms with Crippen molar-refractivity contribution >= 4 is 91.3 Å². The fraction of sp³-hybridized carbons (Fsp3) is 0.420. The Kier molecular flexibility index (Phi) is 18.7. The molecular weight excluding hydrogens is 1070 g/mol. The first kappa shape index (κ1) is 62.6. The number of nitrogens with zero attached hydrogens (tertiary/aromatic N) is 6. The van der Waals surface area contributed by atoms with E-state index in [0.717, 1.165) is 112 Å². The zero-order valence-electron chi connectivity index (χ0n) is 52.6. The van der Waals surface area contributed by atoms with Gasteiger partial charge in [-0.2, -0.15) is 0 Å². The number of hydrogen-bond acceptors (Lipinski definition) is 11. The zero-order chi connectivity index (χ0) is 61.8. The molecule has 0 unspecified atom stereocenters. The van der Waals surface area contributed by atoms with Crippen LogP contribution in [0.2, 0.25) is 0 Å². The van der Waals surface area contributed by atoms with Crippen molar-refractivity contribution in [3.8, 4) is 16.8 Å². The maximum Gasteiger partial charge on any atom is 0.414 e. The summed E-state index contributed by atoms with van der Waals surface area (Å²) < 4.78 is 25.4. The Bertz CT molecular complexity index is 3780. The van der Waals surface area contributed by atoms with Crippen molar-refractivity contribution in [2.24, 2.45) is 0 Å². The first-order valence-corrected chi connectivity index (χ1v) is 29.6. The second-order valence-electron chi connectivity index (χ2n) is 26.1. The molecule has 0 fully saturated rings. The summed E-state index contributed by atoms with van der Waals surface area (Å²) in [4.78, 5) is 73.2. The number of nitrogens with one attached hydrogen (secondary N) is 2. The van der Waals surface area contributed by atoms with E-state index in [1.807, 2.05) is 182 Å². The lowest BCUT2D eigenvalue weighted by molar-refractivity contribution is -0.538. The van der Waals surface area contributed by atoms with Gasteiger partial charge in [0.2, 0.25) is 16.7 Å². The van der Waals surface area contributed by atoms with Crippen molar-refractivity contribution in [1.29, 1.82) is 0 Å². The van der Waals surface area contributed by atoms with Crippen LogP contribution in [0.5, 0.6) is 0 Å². The van der Waals surface area contributed by atoms with Gasteiger partial charge in [0.25, 0.3) is 0 Å². The smallest absolute Gasteiger partial charge is 0.414 e. The van der Waals surface area contributed by atoms with Crippen LogP contribution in [-0.2, 0) is 18.9 Å². The lowest BCUT2D eigenvalue weighted by Gasteiger charge is -2.28. The van der Waals surface area contributed by atoms with Gasteiger partial charge >= 0.3 is 24.4 Å². The Labute approximate surface area is 500 Å². The van der Waals surface area contributed by atoms with Crippen molar-refractivity contribution in [2.45, 2.75) is 178 Å². The number of para-hydroxylation sites is 1. The number of anilines is 4. The van der Waals surface area contributed by atoms with Crippen LogP contribution in [0.4, 0.5) is 41.9 Å². The molecule has 448 valence electrons. The SMILES string of the molecule is Cc1cc2nc3cc(C)c(N(CCCCCCCCCN(C(=O)OC(C)(C)C)c4ccc5nc6c(-c7c(C)cccc7C)cc(NC(=O)OC(C)(C)C)cc6nc5c4)C(=O)OC(C)(C)C)cc3[n+](-c3ccccc3)c2cc1NC(=O)OC(C)(C)C. The molecule has 8 rings (SSSR count). The van der Waals surface area contributed by atoms with E-state index >= 15 is 0 Å². The maximum absolute atomic E-state index is 14.3. The number of amides is 4. The number of unbranched alkanes of at least 4 members (excludes halogenated alkanes) is 6. The van der Waals surface area contributed by atoms with Gasteiger partial charge < -0.3 is 18.9 Å². The molecule has 0 saturated heterocycles. The third-order valence-corrected chi connectivity index (χ3v) is 14.0. The molecular formula is C69H85N8O8+. The minimum absolute atomic E-state index is 0.428. The van der Waals surface area contributed by atoms with Gasteiger partial charge in [-0.1, -0.05) is 68.5 Å². The minimum atomic E-state index is -0.729. The summed E-state index contributed by atoms with van der Waals surface area (Å²) in [5.41, 5.74) is 11.7. The Morgan fingerprint density at radius 3 is 1.56 bits per heavy atom. The van der Waals surface area contributed by atoms with Gasteiger partial charge in [0.1, 0.15) is 33.4 Å². The molecule has 85 heavy (non-hydrogen) atoms. The van der Waals surface area contributed by atoms with Crippen LogP contribution >= 0.6 is 0 Å². The summed E-state index contributed by atoms with van der Waals surface area (Å²) in [6.45, 7) is 31.1. The number of benzene rings is 6. The van der Waals surface area contributed by atoms with Crippen molar-refractivity contribution in [3.63, 3.8) is 0 Å². The predicted molar refractivity (Wildman–Crippen MR) is 341 cm³/mol. The molecule has 16 nitrogen and oxygen atoms in total. The number of fused-ring (bicyclic) bond motifs is 4. The summed E-state index contributed by atoms with van der Waals surface area (Å²) in [6, 6.07) is 33.4. The predicted octanol–water partition coefficient (Wildman–Crippen LogP) is 17.3. The number of hydrogen-bond donors (Lipinski definition) is 2. The van der Waals surface area contributed by atoms with E-state index in [4.69, 9.17) is 33.9 Å². The van der Waals surface area contributed by atoms with Gasteiger partial charge in [0.15, 0.2) is 0 Å². The second-order valence-corrected chi connectivity index (χ2v) is 26.1. The standard InChI is InChI=1S/C69H84N8O8/c1-43-28-27-29-44(2)60(43)50-38-47(70-62(78)82-66(5,6)7)39-56-61(50)73-51-33-32-49(40-53(51)71-56)75(64(80)84-68(11,12)13)34-25-20-18-17-19-21-26-35-76(65(81)85-69(14,15)16)57-42-59-55(37-46(57)4)72-54-36-45(3)52(74-63(79)83-67(8,9)10)41-58(54)77(59)48-30-23-22-24-31-48/h22-24,27-33,36-42H,17-21,25-26,34-35H2,1-16H3,(H,70,71,78)/p+1. The van der Waals surface area contributed by atoms with Crippen molar-refractivity contribution in [3.05, 3.63) is 125 Å². The molecule has 0 aliphatic carbocycles. The molecule has 2 heterocycles. The zero-order valence-corrected chi connectivity index (χ0v) is 52.6. The van der Waals surface area contributed by atoms with Gasteiger partial charge in [-0.25, -0.2) is 34.1 Å². The van der Waals surface area contributed by atoms with Crippen LogP contribution in [0.1, 0.15) is 150 Å². The third-order valence-electron chi connectivity index (χ3n) is 14.0. The molecule has 2 N–H and O–H groups in total. The van der Waals surface area contributed by atoms with Crippen LogP contribution < -0.4 is 25.0 Å². The molecule has 0 saturated carbocycles. The van der Waals surface area contributed by atoms with Crippen LogP contribution in [0.15, 0.2) is 103 Å². The number of aryl methyl sites for hydroxylation is 4. The molecule has 0 atom stereocenters. The van der Waals surface area contributed by atoms with E-state index in [2.05, 4.69) is 41.2 Å². The molecule has 0 spiro atoms. The third kappa shape index (κ3) is 16.3. The van der Waals surface area contributed by atoms with Gasteiger partial charge in [-0.05, 0) is 194 Å². The topological polar surface area (TPSA) is 178 Å². The monoisotopic (exact) mass is 1150 g/mol. The van der Waals surface area contributed by atoms with Crippen LogP contribution in [-0.4, -0.2) is 74.8 Å². The van der Waals surface area contributed by atoms with E-state index in [0.29, 0.717) is 52.2 Å². The summed E-state index contributed by atoms with van der Waals surface area (Å²) >= 11 is 0. The van der Waals surface area contributed by atoms with Crippen molar-refractivity contribution in [2.75, 3.05) is 33.5 Å². The number of carbonyl (C=O) groups is 4. The number of rotatable bonds is 16. The van der Waals surface area contributed by atoms with E-state index in [-0.39, 0.29) is 0 Å². The van der Waals surface area contributed by atoms with Gasteiger partial charge in [-0.3, -0.25) is 20.4 Å². The number of carbonyl (C=O) groups excluding carboxylic acids is 4. The lowest BCUT2D eigenvalue weighted by atomic mass is 9.94. The highest BCUT2D eigenvalue weighted by Crippen LogP contribution is 2.37. The fourth-order valence-electron chi connectivity index (χ4n) is 10.4. The molecule has 4 amide bonds. The van der Waals surface area contributed by atoms with E-state index in [9.17, 15) is 19.2 Å². The Hall–Kier alpha value is -8.40. The van der Waals surface area contributed by atoms with E-state index in [1.165, 1.54) is 0 Å². The Morgan fingerprint density at radius 2 is 0.976 bits per heavy atom. The average Bonchev–Trinajstić information content (AvgIpc) is 1.41. The van der Waals surface area contributed by atoms with E-state index in [1.54, 1.807) is 15.9 Å². The lowest BCUT2D eigenvalue weighted by Crippen LogP contribution is -2.38. The number of ether oxygens (including phenoxy) is 4. The maximum atomic E-state index is 14.3. The molecule has 0 aliphatic heterocycles. The normalized spacial score (nSPS) is 12.1. The fourth-order valence-corrected chi connectivity index (χ4v) is 10.4.